The first-order chi connectivity index (χ1) is 8.27. The fraction of sp³-hybridized carbons (Fsp3) is 0.154. The monoisotopic (exact) mass is 266 g/mol. The Morgan fingerprint density at radius 3 is 2.65 bits per heavy atom. The molecule has 2 nitrogen and oxygen atoms in total. The molecule has 2 rings (SSSR count). The van der Waals surface area contributed by atoms with Gasteiger partial charge in [-0.1, -0.05) is 41.9 Å². The zero-order valence-electron chi connectivity index (χ0n) is 9.11. The molecule has 1 aromatic heterocycles. The van der Waals surface area contributed by atoms with Gasteiger partial charge in [0.1, 0.15) is 0 Å². The van der Waals surface area contributed by atoms with E-state index in [1.54, 1.807) is 12.4 Å². The Balaban J connectivity index is 1.97. The lowest BCUT2D eigenvalue weighted by atomic mass is 10.1. The van der Waals surface area contributed by atoms with Crippen molar-refractivity contribution in [3.05, 3.63) is 59.4 Å². The molecule has 2 aromatic rings. The second-order valence-electron chi connectivity index (χ2n) is 3.61. The summed E-state index contributed by atoms with van der Waals surface area (Å²) < 4.78 is 0. The predicted octanol–water partition coefficient (Wildman–Crippen LogP) is 4.13. The molecule has 1 unspecified atom stereocenters. The van der Waals surface area contributed by atoms with E-state index in [-0.39, 0.29) is 5.38 Å². The topological polar surface area (TPSA) is 24.9 Å². The van der Waals surface area contributed by atoms with Gasteiger partial charge in [-0.15, -0.1) is 11.6 Å². The van der Waals surface area contributed by atoms with E-state index in [0.29, 0.717) is 11.6 Å². The van der Waals surface area contributed by atoms with E-state index in [1.807, 2.05) is 36.4 Å². The number of rotatable bonds is 4. The number of anilines is 1. The summed E-state index contributed by atoms with van der Waals surface area (Å²) in [4.78, 5) is 3.93. The molecule has 0 spiro atoms. The molecule has 0 aliphatic carbocycles. The lowest BCUT2D eigenvalue weighted by molar-refractivity contribution is 0.976. The van der Waals surface area contributed by atoms with Crippen molar-refractivity contribution < 1.29 is 0 Å². The number of nitrogens with one attached hydrogen (secondary N) is 1. The van der Waals surface area contributed by atoms with Crippen LogP contribution < -0.4 is 5.32 Å². The Kier molecular flexibility index (Phi) is 4.24. The van der Waals surface area contributed by atoms with Gasteiger partial charge in [-0.25, -0.2) is 0 Å². The highest BCUT2D eigenvalue weighted by molar-refractivity contribution is 6.33. The molecule has 88 valence electrons. The minimum Gasteiger partial charge on any atom is -0.382 e. The van der Waals surface area contributed by atoms with Gasteiger partial charge in [-0.3, -0.25) is 4.98 Å². The van der Waals surface area contributed by atoms with Crippen LogP contribution in [0.15, 0.2) is 48.8 Å². The standard InChI is InChI=1S/C13H12Cl2N2/c14-11(10-4-2-1-3-5-10)9-17-13-6-7-16-8-12(13)15/h1-8,11H,9H2,(H,16,17). The molecule has 0 fully saturated rings. The molecule has 0 bridgehead atoms. The molecule has 1 aromatic carbocycles. The minimum atomic E-state index is -0.0829. The van der Waals surface area contributed by atoms with Gasteiger partial charge in [0.05, 0.1) is 16.1 Å². The Hall–Kier alpha value is -1.25. The lowest BCUT2D eigenvalue weighted by Crippen LogP contribution is -2.08. The molecule has 1 N–H and O–H groups in total. The van der Waals surface area contributed by atoms with Crippen LogP contribution in [0.25, 0.3) is 0 Å². The number of nitrogens with zero attached hydrogens (tertiary/aromatic N) is 1. The Labute approximate surface area is 111 Å². The molecule has 1 atom stereocenters. The van der Waals surface area contributed by atoms with Crippen LogP contribution in [0.5, 0.6) is 0 Å². The third kappa shape index (κ3) is 3.35. The van der Waals surface area contributed by atoms with Gasteiger partial charge < -0.3 is 5.32 Å². The number of aromatic nitrogens is 1. The van der Waals surface area contributed by atoms with Crippen molar-refractivity contribution in [1.29, 1.82) is 0 Å². The molecule has 0 saturated heterocycles. The van der Waals surface area contributed by atoms with Crippen LogP contribution in [0.4, 0.5) is 5.69 Å². The highest BCUT2D eigenvalue weighted by Gasteiger charge is 2.07. The van der Waals surface area contributed by atoms with E-state index in [0.717, 1.165) is 11.3 Å². The number of hydrogen-bond acceptors (Lipinski definition) is 2. The van der Waals surface area contributed by atoms with E-state index in [4.69, 9.17) is 23.2 Å². The van der Waals surface area contributed by atoms with Crippen molar-refractivity contribution in [1.82, 2.24) is 4.98 Å². The van der Waals surface area contributed by atoms with Crippen molar-refractivity contribution in [2.24, 2.45) is 0 Å². The van der Waals surface area contributed by atoms with Gasteiger partial charge in [0.25, 0.3) is 0 Å². The van der Waals surface area contributed by atoms with Gasteiger partial charge in [0.2, 0.25) is 0 Å². The molecule has 17 heavy (non-hydrogen) atoms. The van der Waals surface area contributed by atoms with Crippen LogP contribution in [0.1, 0.15) is 10.9 Å². The van der Waals surface area contributed by atoms with Gasteiger partial charge >= 0.3 is 0 Å². The first-order valence-corrected chi connectivity index (χ1v) is 6.11. The average Bonchev–Trinajstić information content (AvgIpc) is 2.38. The maximum absolute atomic E-state index is 6.29. The van der Waals surface area contributed by atoms with Gasteiger partial charge in [-0.2, -0.15) is 0 Å². The average molecular weight is 267 g/mol. The summed E-state index contributed by atoms with van der Waals surface area (Å²) in [5.74, 6) is 0. The van der Waals surface area contributed by atoms with Crippen LogP contribution in [-0.4, -0.2) is 11.5 Å². The molecule has 0 amide bonds. The summed E-state index contributed by atoms with van der Waals surface area (Å²) in [6.07, 6.45) is 3.30. The summed E-state index contributed by atoms with van der Waals surface area (Å²) in [6.45, 7) is 0.620. The number of pyridine rings is 1. The molecule has 1 heterocycles. The second kappa shape index (κ2) is 5.89. The molecular weight excluding hydrogens is 255 g/mol. The second-order valence-corrected chi connectivity index (χ2v) is 4.55. The van der Waals surface area contributed by atoms with Gasteiger partial charge in [0.15, 0.2) is 0 Å². The summed E-state index contributed by atoms with van der Waals surface area (Å²) in [5.41, 5.74) is 1.94. The predicted molar refractivity (Wildman–Crippen MR) is 72.8 cm³/mol. The van der Waals surface area contributed by atoms with E-state index in [2.05, 4.69) is 10.3 Å². The van der Waals surface area contributed by atoms with Crippen LogP contribution in [0.2, 0.25) is 5.02 Å². The van der Waals surface area contributed by atoms with Crippen LogP contribution in [0, 0.1) is 0 Å². The van der Waals surface area contributed by atoms with Crippen molar-refractivity contribution in [2.45, 2.75) is 5.38 Å². The van der Waals surface area contributed by atoms with E-state index < -0.39 is 0 Å². The first-order valence-electron chi connectivity index (χ1n) is 5.30. The third-order valence-corrected chi connectivity index (χ3v) is 3.11. The normalized spacial score (nSPS) is 12.1. The van der Waals surface area contributed by atoms with Crippen molar-refractivity contribution in [3.8, 4) is 0 Å². The fourth-order valence-electron chi connectivity index (χ4n) is 1.50. The lowest BCUT2D eigenvalue weighted by Gasteiger charge is -2.12. The van der Waals surface area contributed by atoms with Crippen molar-refractivity contribution >= 4 is 28.9 Å². The molecule has 4 heteroatoms. The quantitative estimate of drug-likeness (QED) is 0.842. The smallest absolute Gasteiger partial charge is 0.0820 e. The van der Waals surface area contributed by atoms with Crippen LogP contribution in [-0.2, 0) is 0 Å². The maximum Gasteiger partial charge on any atom is 0.0820 e. The van der Waals surface area contributed by atoms with Crippen molar-refractivity contribution in [2.75, 3.05) is 11.9 Å². The fourth-order valence-corrected chi connectivity index (χ4v) is 1.91. The number of alkyl halides is 1. The molecule has 0 aliphatic rings. The zero-order valence-corrected chi connectivity index (χ0v) is 10.6. The van der Waals surface area contributed by atoms with Gasteiger partial charge in [0, 0.05) is 18.9 Å². The van der Waals surface area contributed by atoms with Crippen molar-refractivity contribution in [3.63, 3.8) is 0 Å². The summed E-state index contributed by atoms with van der Waals surface area (Å²) >= 11 is 12.3. The zero-order chi connectivity index (χ0) is 12.1. The Morgan fingerprint density at radius 1 is 1.18 bits per heavy atom. The van der Waals surface area contributed by atoms with E-state index in [9.17, 15) is 0 Å². The Bertz CT molecular complexity index is 474. The Morgan fingerprint density at radius 2 is 1.94 bits per heavy atom. The minimum absolute atomic E-state index is 0.0829. The van der Waals surface area contributed by atoms with E-state index in [1.165, 1.54) is 0 Å². The number of hydrogen-bond donors (Lipinski definition) is 1. The summed E-state index contributed by atoms with van der Waals surface area (Å²) in [5, 5.41) is 3.73. The SMILES string of the molecule is Clc1cnccc1NCC(Cl)c1ccccc1. The molecule has 0 saturated carbocycles. The highest BCUT2D eigenvalue weighted by atomic mass is 35.5. The van der Waals surface area contributed by atoms with E-state index >= 15 is 0 Å². The number of benzene rings is 1. The summed E-state index contributed by atoms with van der Waals surface area (Å²) in [7, 11) is 0. The third-order valence-electron chi connectivity index (χ3n) is 2.41. The molecular formula is C13H12Cl2N2. The highest BCUT2D eigenvalue weighted by Crippen LogP contribution is 2.23. The maximum atomic E-state index is 6.29. The molecule has 0 aliphatic heterocycles. The first kappa shape index (κ1) is 12.2. The number of halogens is 2. The summed E-state index contributed by atoms with van der Waals surface area (Å²) in [6, 6.07) is 11.8. The largest absolute Gasteiger partial charge is 0.382 e. The van der Waals surface area contributed by atoms with Crippen LogP contribution >= 0.6 is 23.2 Å². The van der Waals surface area contributed by atoms with Gasteiger partial charge in [-0.05, 0) is 11.6 Å². The van der Waals surface area contributed by atoms with Crippen LogP contribution in [0.3, 0.4) is 0 Å². The molecule has 0 radical (unpaired) electrons.